The summed E-state index contributed by atoms with van der Waals surface area (Å²) in [6.07, 6.45) is 0. The molecule has 0 amide bonds. The van der Waals surface area contributed by atoms with Crippen LogP contribution in [0.15, 0.2) is 41.5 Å². The molecule has 0 radical (unpaired) electrons. The Hall–Kier alpha value is -1.04. The summed E-state index contributed by atoms with van der Waals surface area (Å²) in [6, 6.07) is 10.7. The highest BCUT2D eigenvalue weighted by Crippen LogP contribution is 2.53. The van der Waals surface area contributed by atoms with Crippen LogP contribution in [0.3, 0.4) is 0 Å². The number of benzene rings is 1. The Morgan fingerprint density at radius 2 is 1.42 bits per heavy atom. The van der Waals surface area contributed by atoms with Gasteiger partial charge in [0.1, 0.15) is 0 Å². The normalized spacial score (nSPS) is 19.6. The van der Waals surface area contributed by atoms with Gasteiger partial charge in [-0.25, -0.2) is 0 Å². The first-order chi connectivity index (χ1) is 5.67. The van der Waals surface area contributed by atoms with E-state index < -0.39 is 0 Å². The van der Waals surface area contributed by atoms with Gasteiger partial charge >= 0.3 is 0 Å². The first-order valence-corrected chi connectivity index (χ1v) is 4.41. The lowest BCUT2D eigenvalue weighted by Gasteiger charge is -2.12. The summed E-state index contributed by atoms with van der Waals surface area (Å²) in [5.41, 5.74) is 4.80. The molecule has 0 N–H and O–H groups in total. The smallest absolute Gasteiger partial charge is 0.0342 e. The lowest BCUT2D eigenvalue weighted by atomic mass is 9.91. The van der Waals surface area contributed by atoms with E-state index in [-0.39, 0.29) is 0 Å². The van der Waals surface area contributed by atoms with Gasteiger partial charge in [0.2, 0.25) is 0 Å². The molecule has 0 saturated heterocycles. The van der Waals surface area contributed by atoms with E-state index in [1.807, 2.05) is 0 Å². The van der Waals surface area contributed by atoms with Crippen LogP contribution in [0.25, 0.3) is 0 Å². The largest absolute Gasteiger partial charge is 0.0622 e. The molecule has 0 fully saturated rings. The van der Waals surface area contributed by atoms with Crippen molar-refractivity contribution in [3.63, 3.8) is 0 Å². The quantitative estimate of drug-likeness (QED) is 0.550. The zero-order valence-electron chi connectivity index (χ0n) is 7.89. The van der Waals surface area contributed by atoms with Crippen LogP contribution in [0.1, 0.15) is 26.3 Å². The molecule has 0 nitrogen and oxygen atoms in total. The van der Waals surface area contributed by atoms with E-state index in [2.05, 4.69) is 51.1 Å². The summed E-state index contributed by atoms with van der Waals surface area (Å²) in [7, 11) is 0. The minimum Gasteiger partial charge on any atom is -0.0622 e. The van der Waals surface area contributed by atoms with Gasteiger partial charge in [0.15, 0.2) is 0 Å². The van der Waals surface area contributed by atoms with Crippen molar-refractivity contribution in [2.45, 2.75) is 26.2 Å². The highest BCUT2D eigenvalue weighted by molar-refractivity contribution is 5.58. The molecule has 0 heteroatoms. The Kier molecular flexibility index (Phi) is 1.41. The van der Waals surface area contributed by atoms with Gasteiger partial charge in [0, 0.05) is 5.41 Å². The summed E-state index contributed by atoms with van der Waals surface area (Å²) in [6.45, 7) is 6.75. The van der Waals surface area contributed by atoms with Crippen molar-refractivity contribution < 1.29 is 0 Å². The van der Waals surface area contributed by atoms with Crippen molar-refractivity contribution in [1.29, 1.82) is 0 Å². The summed E-state index contributed by atoms with van der Waals surface area (Å²) in [5, 5.41) is 0. The van der Waals surface area contributed by atoms with E-state index in [0.29, 0.717) is 5.41 Å². The number of allylic oxidation sites excluding steroid dienone is 2. The Balaban J connectivity index is 2.36. The van der Waals surface area contributed by atoms with Crippen molar-refractivity contribution in [3.8, 4) is 0 Å². The SMILES string of the molecule is CC1=C(C)C1(C)c1ccccc1. The second-order valence-electron chi connectivity index (χ2n) is 3.74. The van der Waals surface area contributed by atoms with Crippen molar-refractivity contribution in [3.05, 3.63) is 47.0 Å². The fourth-order valence-corrected chi connectivity index (χ4v) is 1.92. The molecular weight excluding hydrogens is 144 g/mol. The molecule has 0 spiro atoms. The van der Waals surface area contributed by atoms with Crippen LogP contribution in [-0.2, 0) is 5.41 Å². The Bertz CT molecular complexity index is 318. The minimum atomic E-state index is 0.293. The van der Waals surface area contributed by atoms with Crippen molar-refractivity contribution in [1.82, 2.24) is 0 Å². The number of hydrogen-bond donors (Lipinski definition) is 0. The van der Waals surface area contributed by atoms with E-state index in [1.165, 1.54) is 16.7 Å². The second-order valence-corrected chi connectivity index (χ2v) is 3.74. The maximum absolute atomic E-state index is 2.30. The third kappa shape index (κ3) is 0.781. The molecule has 0 atom stereocenters. The fraction of sp³-hybridized carbons (Fsp3) is 0.333. The fourth-order valence-electron chi connectivity index (χ4n) is 1.92. The molecule has 1 aromatic rings. The van der Waals surface area contributed by atoms with E-state index in [1.54, 1.807) is 0 Å². The molecule has 0 bridgehead atoms. The zero-order chi connectivity index (χ0) is 8.77. The van der Waals surface area contributed by atoms with Gasteiger partial charge in [-0.1, -0.05) is 41.5 Å². The molecule has 1 aliphatic carbocycles. The van der Waals surface area contributed by atoms with Crippen LogP contribution in [0.2, 0.25) is 0 Å². The molecular formula is C12H14. The monoisotopic (exact) mass is 158 g/mol. The van der Waals surface area contributed by atoms with Crippen LogP contribution in [0.5, 0.6) is 0 Å². The van der Waals surface area contributed by atoms with Gasteiger partial charge in [-0.3, -0.25) is 0 Å². The number of hydrogen-bond acceptors (Lipinski definition) is 0. The maximum atomic E-state index is 2.30. The molecule has 0 aliphatic heterocycles. The van der Waals surface area contributed by atoms with Crippen molar-refractivity contribution >= 4 is 0 Å². The predicted octanol–water partition coefficient (Wildman–Crippen LogP) is 3.29. The predicted molar refractivity (Wildman–Crippen MR) is 52.2 cm³/mol. The van der Waals surface area contributed by atoms with Gasteiger partial charge in [-0.2, -0.15) is 0 Å². The standard InChI is InChI=1S/C12H14/c1-9-10(2)12(9,3)11-7-5-4-6-8-11/h4-8H,1-3H3. The van der Waals surface area contributed by atoms with Crippen LogP contribution in [-0.4, -0.2) is 0 Å². The number of rotatable bonds is 1. The third-order valence-corrected chi connectivity index (χ3v) is 3.35. The molecule has 2 rings (SSSR count). The van der Waals surface area contributed by atoms with Crippen LogP contribution < -0.4 is 0 Å². The summed E-state index contributed by atoms with van der Waals surface area (Å²) in [5.74, 6) is 0. The molecule has 62 valence electrons. The molecule has 0 saturated carbocycles. The average Bonchev–Trinajstić information content (AvgIpc) is 2.60. The van der Waals surface area contributed by atoms with Crippen molar-refractivity contribution in [2.75, 3.05) is 0 Å². The third-order valence-electron chi connectivity index (χ3n) is 3.35. The van der Waals surface area contributed by atoms with Gasteiger partial charge < -0.3 is 0 Å². The van der Waals surface area contributed by atoms with E-state index >= 15 is 0 Å². The lowest BCUT2D eigenvalue weighted by Crippen LogP contribution is -2.05. The molecule has 1 aromatic carbocycles. The van der Waals surface area contributed by atoms with Crippen LogP contribution in [0, 0.1) is 0 Å². The summed E-state index contributed by atoms with van der Waals surface area (Å²) in [4.78, 5) is 0. The van der Waals surface area contributed by atoms with E-state index in [9.17, 15) is 0 Å². The van der Waals surface area contributed by atoms with Gasteiger partial charge in [0.05, 0.1) is 0 Å². The molecule has 12 heavy (non-hydrogen) atoms. The maximum Gasteiger partial charge on any atom is 0.0342 e. The van der Waals surface area contributed by atoms with E-state index in [4.69, 9.17) is 0 Å². The van der Waals surface area contributed by atoms with E-state index in [0.717, 1.165) is 0 Å². The van der Waals surface area contributed by atoms with Crippen molar-refractivity contribution in [2.24, 2.45) is 0 Å². The Morgan fingerprint density at radius 3 is 1.83 bits per heavy atom. The second kappa shape index (κ2) is 2.22. The molecule has 1 aliphatic rings. The van der Waals surface area contributed by atoms with Gasteiger partial charge in [-0.15, -0.1) is 0 Å². The Labute approximate surface area is 73.9 Å². The molecule has 0 aromatic heterocycles. The molecule has 0 unspecified atom stereocenters. The minimum absolute atomic E-state index is 0.293. The zero-order valence-corrected chi connectivity index (χ0v) is 7.89. The summed E-state index contributed by atoms with van der Waals surface area (Å²) >= 11 is 0. The van der Waals surface area contributed by atoms with Crippen LogP contribution >= 0.6 is 0 Å². The van der Waals surface area contributed by atoms with Crippen LogP contribution in [0.4, 0.5) is 0 Å². The first kappa shape index (κ1) is 7.60. The van der Waals surface area contributed by atoms with Gasteiger partial charge in [0.25, 0.3) is 0 Å². The highest BCUT2D eigenvalue weighted by atomic mass is 14.5. The highest BCUT2D eigenvalue weighted by Gasteiger charge is 2.44. The first-order valence-electron chi connectivity index (χ1n) is 4.41. The lowest BCUT2D eigenvalue weighted by molar-refractivity contribution is 0.805. The average molecular weight is 158 g/mol. The Morgan fingerprint density at radius 1 is 0.917 bits per heavy atom. The summed E-state index contributed by atoms with van der Waals surface area (Å²) < 4.78 is 0. The topological polar surface area (TPSA) is 0 Å². The van der Waals surface area contributed by atoms with Gasteiger partial charge in [-0.05, 0) is 26.3 Å². The molecule has 0 heterocycles.